The average Bonchev–Trinajstić information content (AvgIpc) is 3.44. The van der Waals surface area contributed by atoms with E-state index in [4.69, 9.17) is 9.98 Å². The lowest BCUT2D eigenvalue weighted by Crippen LogP contribution is -2.14. The molecule has 0 aliphatic heterocycles. The molecule has 6 heteroatoms. The summed E-state index contributed by atoms with van der Waals surface area (Å²) < 4.78 is 1.38. The van der Waals surface area contributed by atoms with Crippen LogP contribution in [0.3, 0.4) is 0 Å². The number of benzene rings is 2. The number of para-hydroxylation sites is 1. The van der Waals surface area contributed by atoms with Gasteiger partial charge in [0, 0.05) is 56.7 Å². The topological polar surface area (TPSA) is 63.4 Å². The summed E-state index contributed by atoms with van der Waals surface area (Å²) >= 11 is 1.95. The van der Waals surface area contributed by atoms with E-state index in [1.54, 1.807) is 0 Å². The van der Waals surface area contributed by atoms with Crippen molar-refractivity contribution < 1.29 is 0 Å². The molecule has 4 heterocycles. The molecule has 0 radical (unpaired) electrons. The molecule has 1 aliphatic rings. The molecule has 7 rings (SSSR count). The first-order chi connectivity index (χ1) is 23.5. The standard InChI is InChI=1S/C42H39N5S/c1-6-13-37-28(4)30-20-21-33-36(47-35-19-10-8-16-32(35)38(33)41(30)48-37)18-9-7-14-26(2)42(43-5)46-25-27(3)34-24-29-15-11-22-44-39(29)40-31(34)17-12-23-45-40/h7-12,14-17,19-23,25,34H,5-6,13,18,24H2,1-4H3/b9-7-,26-14+,27-25+,46-42-. The van der Waals surface area contributed by atoms with Gasteiger partial charge in [0.15, 0.2) is 5.84 Å². The molecule has 5 nitrogen and oxygen atoms in total. The number of pyridine rings is 3. The maximum atomic E-state index is 5.13. The van der Waals surface area contributed by atoms with Crippen molar-refractivity contribution in [3.05, 3.63) is 136 Å². The zero-order chi connectivity index (χ0) is 33.2. The van der Waals surface area contributed by atoms with Crippen LogP contribution in [-0.4, -0.2) is 27.5 Å². The highest BCUT2D eigenvalue weighted by atomic mass is 32.1. The zero-order valence-electron chi connectivity index (χ0n) is 28.0. The molecule has 1 aliphatic carbocycles. The van der Waals surface area contributed by atoms with Crippen LogP contribution in [0.2, 0.25) is 0 Å². The number of rotatable bonds is 8. The summed E-state index contributed by atoms with van der Waals surface area (Å²) in [5, 5.41) is 5.14. The SMILES string of the molecule is C=NC(=N\C=C(/C)C1Cc2cccnc2-c2ncccc21)/C(C)=C/C=C\Cc1nc2ccccc2c2c1ccc1c(C)c(CCC)sc12. The van der Waals surface area contributed by atoms with Crippen LogP contribution in [0.1, 0.15) is 60.4 Å². The highest BCUT2D eigenvalue weighted by Gasteiger charge is 2.27. The number of amidine groups is 1. The second-order valence-corrected chi connectivity index (χ2v) is 13.6. The third-order valence-electron chi connectivity index (χ3n) is 9.41. The number of aromatic nitrogens is 3. The highest BCUT2D eigenvalue weighted by Crippen LogP contribution is 2.42. The lowest BCUT2D eigenvalue weighted by Gasteiger charge is -2.26. The van der Waals surface area contributed by atoms with E-state index >= 15 is 0 Å². The number of allylic oxidation sites excluding steroid dienone is 4. The maximum Gasteiger partial charge on any atom is 0.154 e. The fraction of sp³-hybridized carbons (Fsp3) is 0.214. The van der Waals surface area contributed by atoms with Crippen LogP contribution in [0.25, 0.3) is 43.1 Å². The van der Waals surface area contributed by atoms with Crippen molar-refractivity contribution in [3.8, 4) is 11.4 Å². The normalized spacial score (nSPS) is 15.4. The van der Waals surface area contributed by atoms with Crippen molar-refractivity contribution in [1.29, 1.82) is 0 Å². The lowest BCUT2D eigenvalue weighted by atomic mass is 9.80. The Kier molecular flexibility index (Phi) is 8.92. The summed E-state index contributed by atoms with van der Waals surface area (Å²) in [6.07, 6.45) is 15.8. The first-order valence-corrected chi connectivity index (χ1v) is 17.5. The molecule has 48 heavy (non-hydrogen) atoms. The second kappa shape index (κ2) is 13.6. The van der Waals surface area contributed by atoms with Crippen molar-refractivity contribution in [2.24, 2.45) is 9.98 Å². The summed E-state index contributed by atoms with van der Waals surface area (Å²) in [6, 6.07) is 21.4. The van der Waals surface area contributed by atoms with Gasteiger partial charge in [-0.1, -0.05) is 74.0 Å². The molecule has 0 bridgehead atoms. The zero-order valence-corrected chi connectivity index (χ0v) is 28.8. The number of aryl methyl sites for hydroxylation is 2. The Morgan fingerprint density at radius 3 is 2.58 bits per heavy atom. The van der Waals surface area contributed by atoms with Crippen LogP contribution in [0, 0.1) is 6.92 Å². The predicted octanol–water partition coefficient (Wildman–Crippen LogP) is 10.7. The van der Waals surface area contributed by atoms with E-state index in [0.717, 1.165) is 59.4 Å². The molecular weight excluding hydrogens is 607 g/mol. The van der Waals surface area contributed by atoms with E-state index in [2.05, 4.69) is 109 Å². The van der Waals surface area contributed by atoms with Gasteiger partial charge in [0.25, 0.3) is 0 Å². The minimum Gasteiger partial charge on any atom is -0.254 e. The molecule has 238 valence electrons. The van der Waals surface area contributed by atoms with Crippen molar-refractivity contribution in [1.82, 2.24) is 15.0 Å². The predicted molar refractivity (Wildman–Crippen MR) is 205 cm³/mol. The van der Waals surface area contributed by atoms with Gasteiger partial charge in [-0.05, 0) is 91.8 Å². The Hall–Kier alpha value is -5.07. The van der Waals surface area contributed by atoms with E-state index in [9.17, 15) is 0 Å². The first-order valence-electron chi connectivity index (χ1n) is 16.6. The summed E-state index contributed by atoms with van der Waals surface area (Å²) in [7, 11) is 0. The van der Waals surface area contributed by atoms with E-state index in [1.807, 2.05) is 49.0 Å². The molecule has 1 atom stereocenters. The fourth-order valence-corrected chi connectivity index (χ4v) is 8.36. The van der Waals surface area contributed by atoms with Gasteiger partial charge in [-0.3, -0.25) is 15.0 Å². The smallest absolute Gasteiger partial charge is 0.154 e. The van der Waals surface area contributed by atoms with Crippen LogP contribution in [0.5, 0.6) is 0 Å². The van der Waals surface area contributed by atoms with Gasteiger partial charge in [-0.25, -0.2) is 9.98 Å². The molecule has 0 saturated heterocycles. The van der Waals surface area contributed by atoms with Crippen molar-refractivity contribution in [3.63, 3.8) is 0 Å². The number of fused-ring (bicyclic) bond motifs is 8. The van der Waals surface area contributed by atoms with Gasteiger partial charge in [0.2, 0.25) is 0 Å². The Balaban J connectivity index is 1.15. The number of thiophene rings is 1. The Morgan fingerprint density at radius 2 is 1.75 bits per heavy atom. The first kappa shape index (κ1) is 31.5. The lowest BCUT2D eigenvalue weighted by molar-refractivity contribution is 0.760. The average molecular weight is 646 g/mol. The molecule has 0 spiro atoms. The van der Waals surface area contributed by atoms with Gasteiger partial charge in [0.1, 0.15) is 0 Å². The minimum absolute atomic E-state index is 0.172. The van der Waals surface area contributed by atoms with E-state index < -0.39 is 0 Å². The van der Waals surface area contributed by atoms with Crippen molar-refractivity contribution in [2.45, 2.75) is 59.3 Å². The Bertz CT molecular complexity index is 2320. The molecule has 4 aromatic heterocycles. The number of aliphatic imine (C=N–C) groups is 2. The third kappa shape index (κ3) is 5.82. The van der Waals surface area contributed by atoms with Gasteiger partial charge < -0.3 is 0 Å². The third-order valence-corrected chi connectivity index (χ3v) is 10.8. The van der Waals surface area contributed by atoms with E-state index in [1.165, 1.54) is 47.8 Å². The Labute approximate surface area is 286 Å². The summed E-state index contributed by atoms with van der Waals surface area (Å²) in [6.45, 7) is 12.5. The quantitative estimate of drug-likeness (QED) is 0.0716. The molecule has 1 unspecified atom stereocenters. The fourth-order valence-electron chi connectivity index (χ4n) is 6.89. The number of hydrogen-bond acceptors (Lipinski definition) is 5. The molecule has 0 saturated carbocycles. The Morgan fingerprint density at radius 1 is 0.958 bits per heavy atom. The van der Waals surface area contributed by atoms with Crippen molar-refractivity contribution in [2.75, 3.05) is 0 Å². The summed E-state index contributed by atoms with van der Waals surface area (Å²) in [4.78, 5) is 25.0. The summed E-state index contributed by atoms with van der Waals surface area (Å²) in [5.74, 6) is 0.780. The van der Waals surface area contributed by atoms with Gasteiger partial charge >= 0.3 is 0 Å². The van der Waals surface area contributed by atoms with E-state index in [0.29, 0.717) is 5.84 Å². The van der Waals surface area contributed by atoms with Crippen LogP contribution in [0.4, 0.5) is 0 Å². The van der Waals surface area contributed by atoms with Gasteiger partial charge in [-0.2, -0.15) is 0 Å². The van der Waals surface area contributed by atoms with Crippen LogP contribution >= 0.6 is 11.3 Å². The number of hydrogen-bond donors (Lipinski definition) is 0. The molecule has 0 amide bonds. The molecule has 0 N–H and O–H groups in total. The molecule has 6 aromatic rings. The van der Waals surface area contributed by atoms with E-state index in [-0.39, 0.29) is 5.92 Å². The molecule has 0 fully saturated rings. The van der Waals surface area contributed by atoms with Crippen LogP contribution in [-0.2, 0) is 19.3 Å². The molecular formula is C42H39N5S. The summed E-state index contributed by atoms with van der Waals surface area (Å²) in [5.41, 5.74) is 9.96. The van der Waals surface area contributed by atoms with Crippen LogP contribution < -0.4 is 0 Å². The monoisotopic (exact) mass is 645 g/mol. The maximum absolute atomic E-state index is 5.13. The second-order valence-electron chi connectivity index (χ2n) is 12.5. The molecule has 2 aromatic carbocycles. The number of nitrogens with zero attached hydrogens (tertiary/aromatic N) is 5. The highest BCUT2D eigenvalue weighted by molar-refractivity contribution is 7.20. The van der Waals surface area contributed by atoms with Gasteiger partial charge in [0.05, 0.1) is 22.6 Å². The largest absolute Gasteiger partial charge is 0.254 e. The van der Waals surface area contributed by atoms with Crippen molar-refractivity contribution >= 4 is 55.7 Å². The minimum atomic E-state index is 0.172. The van der Waals surface area contributed by atoms with Crippen LogP contribution in [0.15, 0.2) is 119 Å². The van der Waals surface area contributed by atoms with Gasteiger partial charge in [-0.15, -0.1) is 11.3 Å².